The second kappa shape index (κ2) is 6.75. The molecule has 0 saturated heterocycles. The fourth-order valence-electron chi connectivity index (χ4n) is 1.50. The van der Waals surface area contributed by atoms with Crippen molar-refractivity contribution in [2.75, 3.05) is 11.5 Å². The normalized spacial score (nSPS) is 11.2. The molecule has 0 unspecified atom stereocenters. The molecule has 19 heavy (non-hydrogen) atoms. The van der Waals surface area contributed by atoms with Crippen LogP contribution in [-0.4, -0.2) is 28.9 Å². The monoisotopic (exact) mass is 280 g/mol. The summed E-state index contributed by atoms with van der Waals surface area (Å²) in [5.74, 6) is 0.254. The molecular weight excluding hydrogens is 260 g/mol. The van der Waals surface area contributed by atoms with Crippen LogP contribution in [0.2, 0.25) is 0 Å². The maximum Gasteiger partial charge on any atom is 0.316 e. The third-order valence-corrected chi connectivity index (χ3v) is 3.12. The second-order valence-electron chi connectivity index (χ2n) is 5.37. The summed E-state index contributed by atoms with van der Waals surface area (Å²) in [5.41, 5.74) is 1.28. The lowest BCUT2D eigenvalue weighted by molar-refractivity contribution is -0.151. The van der Waals surface area contributed by atoms with Gasteiger partial charge < -0.3 is 4.74 Å². The standard InChI is InChI=1S/C15H20O3S/c1-11-6-5-7-12(8-11)13(16)9-19-10-14(17)18-15(2,3)4/h5-8H,9-10H2,1-4H3. The van der Waals surface area contributed by atoms with Gasteiger partial charge in [0.1, 0.15) is 5.60 Å². The first-order valence-electron chi connectivity index (χ1n) is 6.17. The Morgan fingerprint density at radius 1 is 1.21 bits per heavy atom. The summed E-state index contributed by atoms with van der Waals surface area (Å²) in [6.07, 6.45) is 0. The van der Waals surface area contributed by atoms with Crippen LogP contribution < -0.4 is 0 Å². The second-order valence-corrected chi connectivity index (χ2v) is 6.36. The number of ketones is 1. The van der Waals surface area contributed by atoms with Gasteiger partial charge in [-0.3, -0.25) is 9.59 Å². The van der Waals surface area contributed by atoms with Gasteiger partial charge >= 0.3 is 5.97 Å². The Bertz CT molecular complexity index is 461. The summed E-state index contributed by atoms with van der Waals surface area (Å²) >= 11 is 1.29. The molecule has 0 aliphatic rings. The third kappa shape index (κ3) is 6.43. The largest absolute Gasteiger partial charge is 0.459 e. The van der Waals surface area contributed by atoms with E-state index in [0.717, 1.165) is 5.56 Å². The van der Waals surface area contributed by atoms with Crippen LogP contribution in [0.25, 0.3) is 0 Å². The molecule has 0 aliphatic heterocycles. The minimum absolute atomic E-state index is 0.0391. The molecule has 0 N–H and O–H groups in total. The quantitative estimate of drug-likeness (QED) is 0.613. The van der Waals surface area contributed by atoms with Crippen LogP contribution in [0.5, 0.6) is 0 Å². The number of esters is 1. The van der Waals surface area contributed by atoms with Gasteiger partial charge in [0, 0.05) is 5.56 Å². The van der Waals surface area contributed by atoms with Gasteiger partial charge in [-0.25, -0.2) is 0 Å². The Morgan fingerprint density at radius 3 is 2.47 bits per heavy atom. The predicted molar refractivity (Wildman–Crippen MR) is 78.7 cm³/mol. The van der Waals surface area contributed by atoms with E-state index < -0.39 is 5.60 Å². The van der Waals surface area contributed by atoms with Crippen LogP contribution in [0.15, 0.2) is 24.3 Å². The van der Waals surface area contributed by atoms with E-state index >= 15 is 0 Å². The summed E-state index contributed by atoms with van der Waals surface area (Å²) in [4.78, 5) is 23.4. The highest BCUT2D eigenvalue weighted by Crippen LogP contribution is 2.12. The van der Waals surface area contributed by atoms with E-state index in [-0.39, 0.29) is 17.5 Å². The minimum atomic E-state index is -0.474. The topological polar surface area (TPSA) is 43.4 Å². The van der Waals surface area contributed by atoms with Crippen LogP contribution in [0.4, 0.5) is 0 Å². The molecule has 104 valence electrons. The summed E-state index contributed by atoms with van der Waals surface area (Å²) in [6.45, 7) is 7.43. The van der Waals surface area contributed by atoms with Crippen molar-refractivity contribution in [3.63, 3.8) is 0 Å². The zero-order valence-electron chi connectivity index (χ0n) is 11.9. The molecule has 0 heterocycles. The number of ether oxygens (including phenoxy) is 1. The van der Waals surface area contributed by atoms with Crippen molar-refractivity contribution < 1.29 is 14.3 Å². The van der Waals surface area contributed by atoms with Crippen molar-refractivity contribution in [1.82, 2.24) is 0 Å². The summed E-state index contributed by atoms with van der Waals surface area (Å²) in [5, 5.41) is 0. The first kappa shape index (κ1) is 15.8. The smallest absolute Gasteiger partial charge is 0.316 e. The van der Waals surface area contributed by atoms with Crippen molar-refractivity contribution in [3.05, 3.63) is 35.4 Å². The molecule has 0 bridgehead atoms. The number of carbonyl (C=O) groups excluding carboxylic acids is 2. The SMILES string of the molecule is Cc1cccc(C(=O)CSCC(=O)OC(C)(C)C)c1. The van der Waals surface area contributed by atoms with E-state index in [0.29, 0.717) is 11.3 Å². The molecule has 0 saturated carbocycles. The average molecular weight is 280 g/mol. The number of hydrogen-bond acceptors (Lipinski definition) is 4. The van der Waals surface area contributed by atoms with Crippen LogP contribution in [0, 0.1) is 6.92 Å². The van der Waals surface area contributed by atoms with Crippen LogP contribution in [0.3, 0.4) is 0 Å². The molecule has 0 amide bonds. The summed E-state index contributed by atoms with van der Waals surface area (Å²) in [6, 6.07) is 7.46. The van der Waals surface area contributed by atoms with E-state index in [1.165, 1.54) is 11.8 Å². The van der Waals surface area contributed by atoms with E-state index in [9.17, 15) is 9.59 Å². The molecule has 1 aromatic carbocycles. The first-order chi connectivity index (χ1) is 8.78. The van der Waals surface area contributed by atoms with E-state index in [2.05, 4.69) is 0 Å². The molecular formula is C15H20O3S. The molecule has 0 fully saturated rings. The lowest BCUT2D eigenvalue weighted by Crippen LogP contribution is -2.25. The number of benzene rings is 1. The highest BCUT2D eigenvalue weighted by molar-refractivity contribution is 8.00. The number of aryl methyl sites for hydroxylation is 1. The number of thioether (sulfide) groups is 1. The van der Waals surface area contributed by atoms with Crippen molar-refractivity contribution >= 4 is 23.5 Å². The Balaban J connectivity index is 2.37. The van der Waals surface area contributed by atoms with Gasteiger partial charge in [-0.15, -0.1) is 11.8 Å². The molecule has 3 nitrogen and oxygen atoms in total. The number of hydrogen-bond donors (Lipinski definition) is 0. The predicted octanol–water partition coefficient (Wildman–Crippen LogP) is 3.25. The van der Waals surface area contributed by atoms with Crippen LogP contribution in [-0.2, 0) is 9.53 Å². The van der Waals surface area contributed by atoms with Crippen LogP contribution in [0.1, 0.15) is 36.7 Å². The number of rotatable bonds is 5. The van der Waals surface area contributed by atoms with Gasteiger partial charge in [-0.1, -0.05) is 23.8 Å². The highest BCUT2D eigenvalue weighted by Gasteiger charge is 2.16. The lowest BCUT2D eigenvalue weighted by Gasteiger charge is -2.19. The van der Waals surface area contributed by atoms with Gasteiger partial charge in [0.05, 0.1) is 11.5 Å². The molecule has 0 aromatic heterocycles. The van der Waals surface area contributed by atoms with E-state index in [1.807, 2.05) is 45.9 Å². The van der Waals surface area contributed by atoms with E-state index in [4.69, 9.17) is 4.74 Å². The Morgan fingerprint density at radius 2 is 1.89 bits per heavy atom. The molecule has 0 radical (unpaired) electrons. The summed E-state index contributed by atoms with van der Waals surface area (Å²) in [7, 11) is 0. The molecule has 0 spiro atoms. The molecule has 1 rings (SSSR count). The molecule has 1 aromatic rings. The van der Waals surface area contributed by atoms with Gasteiger partial charge in [0.25, 0.3) is 0 Å². The van der Waals surface area contributed by atoms with Crippen molar-refractivity contribution in [2.24, 2.45) is 0 Å². The maximum absolute atomic E-state index is 11.9. The molecule has 0 aliphatic carbocycles. The average Bonchev–Trinajstić information content (AvgIpc) is 2.26. The van der Waals surface area contributed by atoms with Gasteiger partial charge in [0.15, 0.2) is 5.78 Å². The van der Waals surface area contributed by atoms with Gasteiger partial charge in [-0.2, -0.15) is 0 Å². The van der Waals surface area contributed by atoms with Crippen molar-refractivity contribution in [1.29, 1.82) is 0 Å². The van der Waals surface area contributed by atoms with E-state index in [1.54, 1.807) is 6.07 Å². The van der Waals surface area contributed by atoms with Crippen molar-refractivity contribution in [3.8, 4) is 0 Å². The zero-order chi connectivity index (χ0) is 14.5. The maximum atomic E-state index is 11.9. The molecule has 0 atom stereocenters. The zero-order valence-corrected chi connectivity index (χ0v) is 12.7. The Labute approximate surface area is 118 Å². The fraction of sp³-hybridized carbons (Fsp3) is 0.467. The minimum Gasteiger partial charge on any atom is -0.459 e. The first-order valence-corrected chi connectivity index (χ1v) is 7.33. The van der Waals surface area contributed by atoms with Crippen LogP contribution >= 0.6 is 11.8 Å². The number of carbonyl (C=O) groups is 2. The molecule has 4 heteroatoms. The third-order valence-electron chi connectivity index (χ3n) is 2.21. The Kier molecular flexibility index (Phi) is 5.60. The van der Waals surface area contributed by atoms with Gasteiger partial charge in [0.2, 0.25) is 0 Å². The van der Waals surface area contributed by atoms with Gasteiger partial charge in [-0.05, 0) is 33.8 Å². The van der Waals surface area contributed by atoms with Crippen molar-refractivity contribution in [2.45, 2.75) is 33.3 Å². The summed E-state index contributed by atoms with van der Waals surface area (Å²) < 4.78 is 5.17. The fourth-order valence-corrected chi connectivity index (χ4v) is 2.18. The highest BCUT2D eigenvalue weighted by atomic mass is 32.2. The lowest BCUT2D eigenvalue weighted by atomic mass is 10.1. The Hall–Kier alpha value is -1.29. The number of Topliss-reactive ketones (excluding diaryl/α,β-unsaturated/α-hetero) is 1.